The fraction of sp³-hybridized carbons (Fsp3) is 0.583. The van der Waals surface area contributed by atoms with E-state index in [1.54, 1.807) is 0 Å². The lowest BCUT2D eigenvalue weighted by Crippen LogP contribution is -2.57. The van der Waals surface area contributed by atoms with Gasteiger partial charge in [0.25, 0.3) is 0 Å². The lowest BCUT2D eigenvalue weighted by molar-refractivity contribution is -0.119. The molecule has 0 bridgehead atoms. The average molecular weight is 249 g/mol. The van der Waals surface area contributed by atoms with Gasteiger partial charge >= 0.3 is 0 Å². The van der Waals surface area contributed by atoms with Gasteiger partial charge in [-0.3, -0.25) is 4.79 Å². The Morgan fingerprint density at radius 3 is 3.06 bits per heavy atom. The molecule has 2 heterocycles. The zero-order chi connectivity index (χ0) is 13.1. The molecule has 6 heteroatoms. The first kappa shape index (κ1) is 12.8. The normalized spacial score (nSPS) is 19.9. The van der Waals surface area contributed by atoms with Crippen molar-refractivity contribution in [1.29, 1.82) is 0 Å². The number of carbonyl (C=O) groups excluding carboxylic acids is 1. The minimum Gasteiger partial charge on any atom is -0.368 e. The maximum Gasteiger partial charge on any atom is 0.241 e. The number of nitrogens with one attached hydrogen (secondary N) is 1. The van der Waals surface area contributed by atoms with Gasteiger partial charge in [-0.1, -0.05) is 6.92 Å². The lowest BCUT2D eigenvalue weighted by atomic mass is 10.1. The Kier molecular flexibility index (Phi) is 3.76. The van der Waals surface area contributed by atoms with Gasteiger partial charge in [-0.15, -0.1) is 0 Å². The smallest absolute Gasteiger partial charge is 0.241 e. The van der Waals surface area contributed by atoms with Crippen molar-refractivity contribution in [3.05, 3.63) is 17.6 Å². The minimum absolute atomic E-state index is 0.323. The summed E-state index contributed by atoms with van der Waals surface area (Å²) in [5, 5.41) is 3.17. The topological polar surface area (TPSA) is 84.1 Å². The first-order chi connectivity index (χ1) is 8.61. The van der Waals surface area contributed by atoms with E-state index < -0.39 is 0 Å². The van der Waals surface area contributed by atoms with Crippen LogP contribution in [0, 0.1) is 6.92 Å². The van der Waals surface area contributed by atoms with Crippen molar-refractivity contribution in [2.45, 2.75) is 26.3 Å². The molecule has 1 saturated heterocycles. The number of amides is 1. The molecule has 1 aromatic rings. The van der Waals surface area contributed by atoms with Crippen molar-refractivity contribution in [2.24, 2.45) is 5.73 Å². The van der Waals surface area contributed by atoms with Gasteiger partial charge in [-0.05, 0) is 13.3 Å². The molecule has 1 atom stereocenters. The minimum atomic E-state index is -0.335. The van der Waals surface area contributed by atoms with Gasteiger partial charge in [0.15, 0.2) is 0 Å². The van der Waals surface area contributed by atoms with Gasteiger partial charge in [-0.25, -0.2) is 9.97 Å². The van der Waals surface area contributed by atoms with E-state index in [2.05, 4.69) is 22.2 Å². The third kappa shape index (κ3) is 2.59. The first-order valence-corrected chi connectivity index (χ1v) is 6.23. The predicted molar refractivity (Wildman–Crippen MR) is 69.3 cm³/mol. The average Bonchev–Trinajstić information content (AvgIpc) is 2.38. The zero-order valence-electron chi connectivity index (χ0n) is 10.8. The monoisotopic (exact) mass is 249 g/mol. The molecule has 18 heavy (non-hydrogen) atoms. The summed E-state index contributed by atoms with van der Waals surface area (Å²) in [6, 6.07) is 1.60. The molecule has 0 spiro atoms. The summed E-state index contributed by atoms with van der Waals surface area (Å²) in [5.74, 6) is 1.20. The number of nitrogens with zero attached hydrogens (tertiary/aromatic N) is 3. The highest BCUT2D eigenvalue weighted by atomic mass is 16.1. The van der Waals surface area contributed by atoms with Crippen LogP contribution in [0.2, 0.25) is 0 Å². The van der Waals surface area contributed by atoms with Crippen LogP contribution in [0.15, 0.2) is 6.07 Å². The van der Waals surface area contributed by atoms with Crippen LogP contribution >= 0.6 is 0 Å². The third-order valence-electron chi connectivity index (χ3n) is 3.11. The second kappa shape index (κ2) is 5.30. The van der Waals surface area contributed by atoms with Crippen molar-refractivity contribution in [2.75, 3.05) is 24.5 Å². The van der Waals surface area contributed by atoms with Crippen molar-refractivity contribution in [3.8, 4) is 0 Å². The van der Waals surface area contributed by atoms with Crippen molar-refractivity contribution < 1.29 is 4.79 Å². The van der Waals surface area contributed by atoms with E-state index in [1.807, 2.05) is 17.9 Å². The SMILES string of the molecule is CCc1cc(N2CCNCC2C(N)=O)nc(C)n1. The Bertz CT molecular complexity index is 448. The Morgan fingerprint density at radius 1 is 1.61 bits per heavy atom. The number of rotatable bonds is 3. The second-order valence-electron chi connectivity index (χ2n) is 4.43. The van der Waals surface area contributed by atoms with Gasteiger partial charge < -0.3 is 16.0 Å². The van der Waals surface area contributed by atoms with Crippen LogP contribution in [0.25, 0.3) is 0 Å². The molecule has 1 fully saturated rings. The number of aryl methyl sites for hydroxylation is 2. The Hall–Kier alpha value is -1.69. The fourth-order valence-electron chi connectivity index (χ4n) is 2.17. The van der Waals surface area contributed by atoms with E-state index in [-0.39, 0.29) is 11.9 Å². The highest BCUT2D eigenvalue weighted by Crippen LogP contribution is 2.17. The maximum absolute atomic E-state index is 11.5. The Balaban J connectivity index is 2.33. The van der Waals surface area contributed by atoms with E-state index in [1.165, 1.54) is 0 Å². The molecule has 2 rings (SSSR count). The van der Waals surface area contributed by atoms with Crippen molar-refractivity contribution in [1.82, 2.24) is 15.3 Å². The molecule has 1 unspecified atom stereocenters. The molecular formula is C12H19N5O. The summed E-state index contributed by atoms with van der Waals surface area (Å²) in [7, 11) is 0. The second-order valence-corrected chi connectivity index (χ2v) is 4.43. The molecule has 1 amide bonds. The summed E-state index contributed by atoms with van der Waals surface area (Å²) in [6.45, 7) is 6.04. The fourth-order valence-corrected chi connectivity index (χ4v) is 2.17. The highest BCUT2D eigenvalue weighted by molar-refractivity contribution is 5.83. The van der Waals surface area contributed by atoms with Crippen molar-refractivity contribution in [3.63, 3.8) is 0 Å². The molecule has 0 aliphatic carbocycles. The van der Waals surface area contributed by atoms with Crippen LogP contribution < -0.4 is 16.0 Å². The van der Waals surface area contributed by atoms with Crippen LogP contribution in [0.4, 0.5) is 5.82 Å². The Morgan fingerprint density at radius 2 is 2.39 bits per heavy atom. The standard InChI is InChI=1S/C12H19N5O/c1-3-9-6-11(16-8(2)15-9)17-5-4-14-7-10(17)12(13)18/h6,10,14H,3-5,7H2,1-2H3,(H2,13,18). The molecule has 98 valence electrons. The number of anilines is 1. The zero-order valence-corrected chi connectivity index (χ0v) is 10.8. The first-order valence-electron chi connectivity index (χ1n) is 6.23. The van der Waals surface area contributed by atoms with Crippen molar-refractivity contribution >= 4 is 11.7 Å². The number of primary amides is 1. The summed E-state index contributed by atoms with van der Waals surface area (Å²) in [4.78, 5) is 22.2. The van der Waals surface area contributed by atoms with Gasteiger partial charge in [0.1, 0.15) is 17.7 Å². The van der Waals surface area contributed by atoms with Crippen LogP contribution in [-0.2, 0) is 11.2 Å². The van der Waals surface area contributed by atoms with E-state index in [9.17, 15) is 4.79 Å². The molecule has 0 aromatic carbocycles. The molecule has 1 aliphatic heterocycles. The van der Waals surface area contributed by atoms with Crippen LogP contribution in [0.5, 0.6) is 0 Å². The predicted octanol–water partition coefficient (Wildman–Crippen LogP) is -0.389. The van der Waals surface area contributed by atoms with Gasteiger partial charge in [-0.2, -0.15) is 0 Å². The number of piperazine rings is 1. The largest absolute Gasteiger partial charge is 0.368 e. The lowest BCUT2D eigenvalue weighted by Gasteiger charge is -2.35. The van der Waals surface area contributed by atoms with Crippen LogP contribution in [-0.4, -0.2) is 41.6 Å². The van der Waals surface area contributed by atoms with Gasteiger partial charge in [0.2, 0.25) is 5.91 Å². The van der Waals surface area contributed by atoms with E-state index in [4.69, 9.17) is 5.73 Å². The number of hydrogen-bond donors (Lipinski definition) is 2. The molecule has 0 radical (unpaired) electrons. The number of aromatic nitrogens is 2. The number of carbonyl (C=O) groups is 1. The molecule has 3 N–H and O–H groups in total. The maximum atomic E-state index is 11.5. The van der Waals surface area contributed by atoms with Gasteiger partial charge in [0.05, 0.1) is 0 Å². The Labute approximate surface area is 107 Å². The molecular weight excluding hydrogens is 230 g/mol. The quantitative estimate of drug-likeness (QED) is 0.762. The summed E-state index contributed by atoms with van der Waals surface area (Å²) >= 11 is 0. The molecule has 1 aromatic heterocycles. The summed E-state index contributed by atoms with van der Waals surface area (Å²) in [5.41, 5.74) is 6.42. The van der Waals surface area contributed by atoms with E-state index in [0.29, 0.717) is 6.54 Å². The van der Waals surface area contributed by atoms with E-state index >= 15 is 0 Å². The molecule has 1 aliphatic rings. The van der Waals surface area contributed by atoms with Crippen LogP contribution in [0.1, 0.15) is 18.4 Å². The third-order valence-corrected chi connectivity index (χ3v) is 3.11. The molecule has 0 saturated carbocycles. The molecule has 6 nitrogen and oxygen atoms in total. The number of hydrogen-bond acceptors (Lipinski definition) is 5. The summed E-state index contributed by atoms with van der Waals surface area (Å²) in [6.07, 6.45) is 0.851. The number of nitrogens with two attached hydrogens (primary N) is 1. The summed E-state index contributed by atoms with van der Waals surface area (Å²) < 4.78 is 0. The van der Waals surface area contributed by atoms with Crippen LogP contribution in [0.3, 0.4) is 0 Å². The van der Waals surface area contributed by atoms with E-state index in [0.717, 1.165) is 36.8 Å². The highest BCUT2D eigenvalue weighted by Gasteiger charge is 2.28. The van der Waals surface area contributed by atoms with Gasteiger partial charge in [0, 0.05) is 31.4 Å².